The third-order valence-corrected chi connectivity index (χ3v) is 5.12. The van der Waals surface area contributed by atoms with Crippen molar-refractivity contribution < 1.29 is 18.4 Å². The van der Waals surface area contributed by atoms with E-state index in [4.69, 9.17) is 4.42 Å². The van der Waals surface area contributed by atoms with E-state index in [1.54, 1.807) is 42.5 Å². The zero-order valence-corrected chi connectivity index (χ0v) is 15.6. The van der Waals surface area contributed by atoms with Gasteiger partial charge >= 0.3 is 5.76 Å². The normalized spacial score (nSPS) is 19.1. The number of rotatable bonds is 5. The third-order valence-electron chi connectivity index (χ3n) is 5.12. The van der Waals surface area contributed by atoms with Crippen LogP contribution in [0.1, 0.15) is 30.9 Å². The smallest absolute Gasteiger partial charge is 0.408 e. The molecular weight excluding hydrogens is 377 g/mol. The minimum absolute atomic E-state index is 0.0534. The summed E-state index contributed by atoms with van der Waals surface area (Å²) in [5.41, 5.74) is 1.43. The number of oxazole rings is 1. The first-order chi connectivity index (χ1) is 14.0. The Morgan fingerprint density at radius 1 is 1.17 bits per heavy atom. The van der Waals surface area contributed by atoms with Gasteiger partial charge in [0.1, 0.15) is 5.82 Å². The molecular formula is C21H20FN3O4. The van der Waals surface area contributed by atoms with Crippen molar-refractivity contribution in [2.24, 2.45) is 0 Å². The summed E-state index contributed by atoms with van der Waals surface area (Å²) >= 11 is 0. The van der Waals surface area contributed by atoms with Crippen LogP contribution in [0.4, 0.5) is 4.39 Å². The molecule has 29 heavy (non-hydrogen) atoms. The number of hydrogen-bond acceptors (Lipinski definition) is 4. The number of benzene rings is 2. The number of fused-ring (bicyclic) bond motifs is 1. The summed E-state index contributed by atoms with van der Waals surface area (Å²) in [6.07, 6.45) is 0.713. The molecule has 2 atom stereocenters. The quantitative estimate of drug-likeness (QED) is 0.691. The number of aromatic nitrogens is 1. The molecule has 1 saturated heterocycles. The standard InChI is InChI=1S/C21H20FN3O4/c22-14-6-2-1-5-13(14)20-15(9-10-18(26)24-20)23-19(27)11-12-25-16-7-3-4-8-17(16)29-21(25)28/h1-8,15,20H,9-12H2,(H,23,27)(H,24,26). The molecule has 2 heterocycles. The van der Waals surface area contributed by atoms with Gasteiger partial charge in [0.05, 0.1) is 17.6 Å². The van der Waals surface area contributed by atoms with Crippen LogP contribution in [0.5, 0.6) is 0 Å². The van der Waals surface area contributed by atoms with E-state index in [0.29, 0.717) is 23.1 Å². The Labute approximate surface area is 165 Å². The minimum Gasteiger partial charge on any atom is -0.408 e. The number of para-hydroxylation sites is 2. The zero-order valence-electron chi connectivity index (χ0n) is 15.6. The lowest BCUT2D eigenvalue weighted by Crippen LogP contribution is -2.50. The summed E-state index contributed by atoms with van der Waals surface area (Å²) in [7, 11) is 0. The molecule has 1 aliphatic heterocycles. The fourth-order valence-corrected chi connectivity index (χ4v) is 3.69. The van der Waals surface area contributed by atoms with Crippen molar-refractivity contribution in [2.75, 3.05) is 0 Å². The number of hydrogen-bond donors (Lipinski definition) is 2. The number of nitrogens with zero attached hydrogens (tertiary/aromatic N) is 1. The number of nitrogens with one attached hydrogen (secondary N) is 2. The van der Waals surface area contributed by atoms with E-state index in [0.717, 1.165) is 0 Å². The maximum absolute atomic E-state index is 14.2. The molecule has 1 aromatic heterocycles. The predicted octanol–water partition coefficient (Wildman–Crippen LogP) is 2.26. The van der Waals surface area contributed by atoms with Crippen LogP contribution in [0.3, 0.4) is 0 Å². The van der Waals surface area contributed by atoms with Crippen molar-refractivity contribution in [3.05, 3.63) is 70.5 Å². The highest BCUT2D eigenvalue weighted by atomic mass is 19.1. The fourth-order valence-electron chi connectivity index (χ4n) is 3.69. The summed E-state index contributed by atoms with van der Waals surface area (Å²) in [5.74, 6) is -1.42. The van der Waals surface area contributed by atoms with Crippen molar-refractivity contribution in [3.63, 3.8) is 0 Å². The van der Waals surface area contributed by atoms with Crippen LogP contribution in [0.25, 0.3) is 11.1 Å². The molecule has 0 saturated carbocycles. The lowest BCUT2D eigenvalue weighted by molar-refractivity contribution is -0.127. The van der Waals surface area contributed by atoms with Crippen molar-refractivity contribution in [1.29, 1.82) is 0 Å². The molecule has 1 aliphatic rings. The Bertz CT molecular complexity index is 1120. The van der Waals surface area contributed by atoms with E-state index in [1.807, 2.05) is 0 Å². The monoisotopic (exact) mass is 397 g/mol. The molecule has 2 amide bonds. The molecule has 0 bridgehead atoms. The molecule has 1 fully saturated rings. The van der Waals surface area contributed by atoms with Crippen LogP contribution in [0, 0.1) is 5.82 Å². The summed E-state index contributed by atoms with van der Waals surface area (Å²) in [5, 5.41) is 5.65. The van der Waals surface area contributed by atoms with Gasteiger partial charge in [0.25, 0.3) is 0 Å². The number of piperidine rings is 1. The van der Waals surface area contributed by atoms with Gasteiger partial charge in [-0.05, 0) is 24.6 Å². The summed E-state index contributed by atoms with van der Waals surface area (Å²) < 4.78 is 20.8. The molecule has 3 aromatic rings. The number of aryl methyl sites for hydroxylation is 1. The lowest BCUT2D eigenvalue weighted by atomic mass is 9.91. The Morgan fingerprint density at radius 2 is 1.93 bits per heavy atom. The Kier molecular flexibility index (Phi) is 5.16. The van der Waals surface area contributed by atoms with E-state index < -0.39 is 23.7 Å². The van der Waals surface area contributed by atoms with Crippen molar-refractivity contribution in [2.45, 2.75) is 37.9 Å². The SMILES string of the molecule is O=C(CCn1c(=O)oc2ccccc21)NC1CCC(=O)NC1c1ccccc1F. The maximum atomic E-state index is 14.2. The van der Waals surface area contributed by atoms with E-state index in [1.165, 1.54) is 10.6 Å². The van der Waals surface area contributed by atoms with Crippen LogP contribution in [-0.2, 0) is 16.1 Å². The largest absolute Gasteiger partial charge is 0.419 e. The number of carbonyl (C=O) groups excluding carboxylic acids is 2. The highest BCUT2D eigenvalue weighted by Gasteiger charge is 2.32. The van der Waals surface area contributed by atoms with Gasteiger partial charge in [0.15, 0.2) is 5.58 Å². The van der Waals surface area contributed by atoms with E-state index in [-0.39, 0.29) is 31.2 Å². The van der Waals surface area contributed by atoms with Crippen LogP contribution in [-0.4, -0.2) is 22.4 Å². The average molecular weight is 397 g/mol. The van der Waals surface area contributed by atoms with Gasteiger partial charge in [-0.3, -0.25) is 14.2 Å². The molecule has 2 unspecified atom stereocenters. The molecule has 2 aromatic carbocycles. The van der Waals surface area contributed by atoms with E-state index in [2.05, 4.69) is 10.6 Å². The summed E-state index contributed by atoms with van der Waals surface area (Å²) in [6, 6.07) is 12.1. The second kappa shape index (κ2) is 7.90. The Balaban J connectivity index is 1.46. The molecule has 8 heteroatoms. The molecule has 0 aliphatic carbocycles. The van der Waals surface area contributed by atoms with E-state index in [9.17, 15) is 18.8 Å². The third kappa shape index (κ3) is 3.91. The summed E-state index contributed by atoms with van der Waals surface area (Å²) in [6.45, 7) is 0.158. The molecule has 4 rings (SSSR count). The Hall–Kier alpha value is -3.42. The van der Waals surface area contributed by atoms with Gasteiger partial charge in [0.2, 0.25) is 11.8 Å². The van der Waals surface area contributed by atoms with Gasteiger partial charge in [-0.15, -0.1) is 0 Å². The average Bonchev–Trinajstić information content (AvgIpc) is 3.03. The van der Waals surface area contributed by atoms with Crippen LogP contribution >= 0.6 is 0 Å². The van der Waals surface area contributed by atoms with Crippen LogP contribution < -0.4 is 16.4 Å². The first-order valence-electron chi connectivity index (χ1n) is 9.44. The second-order valence-corrected chi connectivity index (χ2v) is 7.02. The van der Waals surface area contributed by atoms with Gasteiger partial charge in [0, 0.05) is 24.9 Å². The van der Waals surface area contributed by atoms with Gasteiger partial charge in [-0.1, -0.05) is 30.3 Å². The number of amides is 2. The first kappa shape index (κ1) is 18.9. The van der Waals surface area contributed by atoms with Gasteiger partial charge < -0.3 is 15.1 Å². The molecule has 2 N–H and O–H groups in total. The Morgan fingerprint density at radius 3 is 2.76 bits per heavy atom. The first-order valence-corrected chi connectivity index (χ1v) is 9.44. The molecule has 0 spiro atoms. The predicted molar refractivity (Wildman–Crippen MR) is 104 cm³/mol. The molecule has 150 valence electrons. The fraction of sp³-hybridized carbons (Fsp3) is 0.286. The topological polar surface area (TPSA) is 93.3 Å². The zero-order chi connectivity index (χ0) is 20.4. The highest BCUT2D eigenvalue weighted by molar-refractivity contribution is 5.80. The van der Waals surface area contributed by atoms with Crippen LogP contribution in [0.2, 0.25) is 0 Å². The molecule has 7 nitrogen and oxygen atoms in total. The maximum Gasteiger partial charge on any atom is 0.419 e. The van der Waals surface area contributed by atoms with Crippen molar-refractivity contribution in [3.8, 4) is 0 Å². The van der Waals surface area contributed by atoms with Gasteiger partial charge in [-0.25, -0.2) is 9.18 Å². The van der Waals surface area contributed by atoms with E-state index >= 15 is 0 Å². The highest BCUT2D eigenvalue weighted by Crippen LogP contribution is 2.26. The van der Waals surface area contributed by atoms with Gasteiger partial charge in [-0.2, -0.15) is 0 Å². The minimum atomic E-state index is -0.640. The van der Waals surface area contributed by atoms with Crippen molar-refractivity contribution >= 4 is 22.9 Å². The summed E-state index contributed by atoms with van der Waals surface area (Å²) in [4.78, 5) is 36.4. The lowest BCUT2D eigenvalue weighted by Gasteiger charge is -2.33. The van der Waals surface area contributed by atoms with Crippen LogP contribution in [0.15, 0.2) is 57.7 Å². The molecule has 0 radical (unpaired) electrons. The number of halogens is 1. The number of carbonyl (C=O) groups is 2. The van der Waals surface area contributed by atoms with Crippen molar-refractivity contribution in [1.82, 2.24) is 15.2 Å². The second-order valence-electron chi connectivity index (χ2n) is 7.02.